The van der Waals surface area contributed by atoms with Gasteiger partial charge < -0.3 is 10.6 Å². The third-order valence-corrected chi connectivity index (χ3v) is 6.56. The minimum Gasteiger partial charge on any atom is -0.356 e. The van der Waals surface area contributed by atoms with Crippen molar-refractivity contribution >= 4 is 11.8 Å². The second kappa shape index (κ2) is 25.6. The first kappa shape index (κ1) is 31.9. The second-order valence-corrected chi connectivity index (χ2v) is 10.1. The summed E-state index contributed by atoms with van der Waals surface area (Å²) < 4.78 is 0. The van der Waals surface area contributed by atoms with E-state index < -0.39 is 0 Å². The molecule has 1 atom stereocenters. The van der Waals surface area contributed by atoms with Crippen LogP contribution in [0.4, 0.5) is 0 Å². The van der Waals surface area contributed by atoms with Crippen molar-refractivity contribution in [1.82, 2.24) is 10.6 Å². The number of hydrogen-bond donors (Lipinski definition) is 2. The molecule has 0 aliphatic carbocycles. The van der Waals surface area contributed by atoms with Crippen molar-refractivity contribution in [3.63, 3.8) is 0 Å². The molecule has 0 unspecified atom stereocenters. The van der Waals surface area contributed by atoms with Gasteiger partial charge in [0, 0.05) is 25.4 Å². The molecule has 0 saturated carbocycles. The summed E-state index contributed by atoms with van der Waals surface area (Å²) >= 11 is 0. The molecule has 196 valence electrons. The third-order valence-electron chi connectivity index (χ3n) is 6.56. The number of carbonyl (C=O) groups is 2. The summed E-state index contributed by atoms with van der Waals surface area (Å²) in [4.78, 5) is 24.0. The Bertz CT molecular complexity index is 439. The van der Waals surface area contributed by atoms with E-state index in [0.29, 0.717) is 12.8 Å². The average Bonchev–Trinajstić information content (AvgIpc) is 2.79. The molecule has 0 saturated heterocycles. The molecular weight excluding hydrogens is 408 g/mol. The van der Waals surface area contributed by atoms with Crippen molar-refractivity contribution < 1.29 is 9.59 Å². The first-order valence-corrected chi connectivity index (χ1v) is 14.7. The normalized spacial score (nSPS) is 12.0. The van der Waals surface area contributed by atoms with Crippen molar-refractivity contribution in [2.45, 2.75) is 168 Å². The number of carbonyl (C=O) groups excluding carboxylic acids is 2. The van der Waals surface area contributed by atoms with Crippen molar-refractivity contribution in [3.05, 3.63) is 0 Å². The topological polar surface area (TPSA) is 58.2 Å². The summed E-state index contributed by atoms with van der Waals surface area (Å²) in [6.07, 6.45) is 26.1. The van der Waals surface area contributed by atoms with Crippen LogP contribution in [0, 0.1) is 0 Å². The van der Waals surface area contributed by atoms with Gasteiger partial charge in [-0.25, -0.2) is 0 Å². The third kappa shape index (κ3) is 25.4. The fourth-order valence-corrected chi connectivity index (χ4v) is 4.33. The van der Waals surface area contributed by atoms with E-state index in [9.17, 15) is 9.59 Å². The molecule has 0 aromatic rings. The molecule has 2 amide bonds. The standard InChI is InChI=1S/C29H58N2O2/c1-4-6-8-10-12-13-14-15-16-18-20-25-29(33)31-27(3)23-21-22-26-30-28(32)24-19-17-11-9-7-5-2/h27H,4-26H2,1-3H3,(H,30,32)(H,31,33)/t27-/m1/s1. The van der Waals surface area contributed by atoms with Crippen LogP contribution in [0.25, 0.3) is 0 Å². The Morgan fingerprint density at radius 1 is 0.545 bits per heavy atom. The number of unbranched alkanes of at least 4 members (excludes halogenated alkanes) is 16. The van der Waals surface area contributed by atoms with E-state index in [1.807, 2.05) is 0 Å². The van der Waals surface area contributed by atoms with Gasteiger partial charge in [-0.1, -0.05) is 110 Å². The van der Waals surface area contributed by atoms with E-state index in [4.69, 9.17) is 0 Å². The Morgan fingerprint density at radius 2 is 0.970 bits per heavy atom. The van der Waals surface area contributed by atoms with Crippen LogP contribution >= 0.6 is 0 Å². The van der Waals surface area contributed by atoms with Crippen LogP contribution in [0.5, 0.6) is 0 Å². The van der Waals surface area contributed by atoms with Crippen LogP contribution in [0.15, 0.2) is 0 Å². The van der Waals surface area contributed by atoms with Gasteiger partial charge in [-0.2, -0.15) is 0 Å². The molecular formula is C29H58N2O2. The lowest BCUT2D eigenvalue weighted by Gasteiger charge is -2.14. The highest BCUT2D eigenvalue weighted by Crippen LogP contribution is 2.12. The quantitative estimate of drug-likeness (QED) is 0.133. The lowest BCUT2D eigenvalue weighted by atomic mass is 10.0. The molecule has 0 bridgehead atoms. The van der Waals surface area contributed by atoms with Crippen molar-refractivity contribution in [2.24, 2.45) is 0 Å². The maximum Gasteiger partial charge on any atom is 0.220 e. The SMILES string of the molecule is CCCCCCCCCCCCCC(=O)N[C@H](C)CCCCNC(=O)CCCCCCCC. The summed E-state index contributed by atoms with van der Waals surface area (Å²) in [6.45, 7) is 7.34. The van der Waals surface area contributed by atoms with E-state index in [2.05, 4.69) is 31.4 Å². The Labute approximate surface area is 206 Å². The van der Waals surface area contributed by atoms with Crippen LogP contribution in [0.2, 0.25) is 0 Å². The van der Waals surface area contributed by atoms with Gasteiger partial charge in [0.05, 0.1) is 0 Å². The smallest absolute Gasteiger partial charge is 0.220 e. The predicted molar refractivity (Wildman–Crippen MR) is 144 cm³/mol. The zero-order valence-electron chi connectivity index (χ0n) is 22.7. The molecule has 0 heterocycles. The van der Waals surface area contributed by atoms with Gasteiger partial charge in [0.15, 0.2) is 0 Å². The van der Waals surface area contributed by atoms with Crippen LogP contribution in [0.1, 0.15) is 162 Å². The largest absolute Gasteiger partial charge is 0.356 e. The number of rotatable bonds is 25. The van der Waals surface area contributed by atoms with Crippen LogP contribution in [-0.2, 0) is 9.59 Å². The molecule has 0 aliphatic rings. The van der Waals surface area contributed by atoms with Crippen molar-refractivity contribution in [3.8, 4) is 0 Å². The molecule has 4 heteroatoms. The predicted octanol–water partition coefficient (Wildman–Crippen LogP) is 8.23. The fourth-order valence-electron chi connectivity index (χ4n) is 4.33. The Hall–Kier alpha value is -1.06. The van der Waals surface area contributed by atoms with Gasteiger partial charge in [0.2, 0.25) is 11.8 Å². The van der Waals surface area contributed by atoms with E-state index in [1.54, 1.807) is 0 Å². The van der Waals surface area contributed by atoms with E-state index >= 15 is 0 Å². The first-order valence-electron chi connectivity index (χ1n) is 14.7. The fraction of sp³-hybridized carbons (Fsp3) is 0.931. The van der Waals surface area contributed by atoms with Crippen molar-refractivity contribution in [1.29, 1.82) is 0 Å². The highest BCUT2D eigenvalue weighted by molar-refractivity contribution is 5.76. The van der Waals surface area contributed by atoms with Gasteiger partial charge in [0.25, 0.3) is 0 Å². The number of nitrogens with one attached hydrogen (secondary N) is 2. The molecule has 0 aromatic carbocycles. The molecule has 0 spiro atoms. The Kier molecular flexibility index (Phi) is 24.7. The Balaban J connectivity index is 3.41. The van der Waals surface area contributed by atoms with Crippen LogP contribution < -0.4 is 10.6 Å². The molecule has 0 aliphatic heterocycles. The maximum absolute atomic E-state index is 12.1. The summed E-state index contributed by atoms with van der Waals surface area (Å²) in [5.41, 5.74) is 0. The van der Waals surface area contributed by atoms with E-state index in [1.165, 1.54) is 96.3 Å². The minimum atomic E-state index is 0.193. The van der Waals surface area contributed by atoms with Crippen molar-refractivity contribution in [2.75, 3.05) is 6.54 Å². The average molecular weight is 467 g/mol. The molecule has 4 nitrogen and oxygen atoms in total. The number of hydrogen-bond acceptors (Lipinski definition) is 2. The lowest BCUT2D eigenvalue weighted by Crippen LogP contribution is -2.32. The lowest BCUT2D eigenvalue weighted by molar-refractivity contribution is -0.122. The van der Waals surface area contributed by atoms with Crippen LogP contribution in [0.3, 0.4) is 0 Å². The summed E-state index contributed by atoms with van der Waals surface area (Å²) in [5, 5.41) is 6.17. The molecule has 0 aromatic heterocycles. The number of amides is 2. The summed E-state index contributed by atoms with van der Waals surface area (Å²) in [6, 6.07) is 0.226. The molecule has 0 radical (unpaired) electrons. The summed E-state index contributed by atoms with van der Waals surface area (Å²) in [5.74, 6) is 0.393. The molecule has 0 rings (SSSR count). The van der Waals surface area contributed by atoms with Gasteiger partial charge in [-0.3, -0.25) is 9.59 Å². The molecule has 0 fully saturated rings. The monoisotopic (exact) mass is 466 g/mol. The Morgan fingerprint density at radius 3 is 1.45 bits per heavy atom. The van der Waals surface area contributed by atoms with Gasteiger partial charge in [-0.05, 0) is 39.0 Å². The zero-order valence-corrected chi connectivity index (χ0v) is 22.7. The van der Waals surface area contributed by atoms with Gasteiger partial charge in [-0.15, -0.1) is 0 Å². The van der Waals surface area contributed by atoms with E-state index in [0.717, 1.165) is 38.6 Å². The van der Waals surface area contributed by atoms with Gasteiger partial charge in [0.1, 0.15) is 0 Å². The van der Waals surface area contributed by atoms with Gasteiger partial charge >= 0.3 is 0 Å². The molecule has 33 heavy (non-hydrogen) atoms. The molecule has 2 N–H and O–H groups in total. The summed E-state index contributed by atoms with van der Waals surface area (Å²) in [7, 11) is 0. The van der Waals surface area contributed by atoms with E-state index in [-0.39, 0.29) is 17.9 Å². The highest BCUT2D eigenvalue weighted by Gasteiger charge is 2.07. The zero-order chi connectivity index (χ0) is 24.4. The first-order chi connectivity index (χ1) is 16.1. The second-order valence-electron chi connectivity index (χ2n) is 10.1. The maximum atomic E-state index is 12.1. The minimum absolute atomic E-state index is 0.193. The highest BCUT2D eigenvalue weighted by atomic mass is 16.2. The van der Waals surface area contributed by atoms with Crippen LogP contribution in [-0.4, -0.2) is 24.4 Å².